The van der Waals surface area contributed by atoms with Crippen LogP contribution >= 0.6 is 0 Å². The predicted octanol–water partition coefficient (Wildman–Crippen LogP) is 2.08. The molecule has 1 saturated carbocycles. The lowest BCUT2D eigenvalue weighted by Crippen LogP contribution is -2.46. The van der Waals surface area contributed by atoms with Crippen LogP contribution in [0.3, 0.4) is 0 Å². The minimum Gasteiger partial charge on any atom is -0.481 e. The van der Waals surface area contributed by atoms with Gasteiger partial charge in [-0.25, -0.2) is 4.79 Å². The maximum absolute atomic E-state index is 11.5. The molecule has 5 nitrogen and oxygen atoms in total. The van der Waals surface area contributed by atoms with E-state index in [1.807, 2.05) is 0 Å². The van der Waals surface area contributed by atoms with Gasteiger partial charge in [-0.2, -0.15) is 0 Å². The maximum atomic E-state index is 11.5. The highest BCUT2D eigenvalue weighted by atomic mass is 16.5. The van der Waals surface area contributed by atoms with Crippen LogP contribution < -0.4 is 5.32 Å². The van der Waals surface area contributed by atoms with Crippen LogP contribution in [0.5, 0.6) is 0 Å². The van der Waals surface area contributed by atoms with E-state index in [-0.39, 0.29) is 13.0 Å². The van der Waals surface area contributed by atoms with Gasteiger partial charge in [-0.1, -0.05) is 25.5 Å². The van der Waals surface area contributed by atoms with Gasteiger partial charge in [0.2, 0.25) is 0 Å². The minimum atomic E-state index is -0.836. The van der Waals surface area contributed by atoms with Crippen molar-refractivity contribution in [3.05, 3.63) is 12.7 Å². The van der Waals surface area contributed by atoms with Gasteiger partial charge in [0.05, 0.1) is 0 Å². The lowest BCUT2D eigenvalue weighted by Gasteiger charge is -2.29. The van der Waals surface area contributed by atoms with E-state index in [0.29, 0.717) is 6.42 Å². The smallest absolute Gasteiger partial charge is 0.407 e. The van der Waals surface area contributed by atoms with Crippen LogP contribution in [0.15, 0.2) is 12.7 Å². The zero-order chi connectivity index (χ0) is 12.7. The second kappa shape index (κ2) is 6.27. The average Bonchev–Trinajstić information content (AvgIpc) is 2.73. The molecule has 0 atom stereocenters. The Labute approximate surface area is 101 Å². The van der Waals surface area contributed by atoms with Gasteiger partial charge in [-0.05, 0) is 19.3 Å². The molecule has 17 heavy (non-hydrogen) atoms. The molecule has 1 amide bonds. The summed E-state index contributed by atoms with van der Waals surface area (Å²) in [5.74, 6) is -0.836. The van der Waals surface area contributed by atoms with Crippen molar-refractivity contribution in [2.24, 2.45) is 0 Å². The maximum Gasteiger partial charge on any atom is 0.407 e. The Balaban J connectivity index is 2.49. The van der Waals surface area contributed by atoms with E-state index in [0.717, 1.165) is 25.7 Å². The summed E-state index contributed by atoms with van der Waals surface area (Å²) in [5, 5.41) is 11.5. The van der Waals surface area contributed by atoms with Crippen LogP contribution in [0.1, 0.15) is 38.5 Å². The SMILES string of the molecule is C=CCOC(=O)NC1(CCC(=O)O)CCCC1. The van der Waals surface area contributed by atoms with E-state index < -0.39 is 17.6 Å². The molecule has 0 aliphatic heterocycles. The van der Waals surface area contributed by atoms with E-state index in [2.05, 4.69) is 11.9 Å². The van der Waals surface area contributed by atoms with E-state index in [4.69, 9.17) is 9.84 Å². The Morgan fingerprint density at radius 3 is 2.59 bits per heavy atom. The summed E-state index contributed by atoms with van der Waals surface area (Å²) in [6, 6.07) is 0. The van der Waals surface area contributed by atoms with Gasteiger partial charge in [-0.3, -0.25) is 4.79 Å². The molecule has 1 aliphatic carbocycles. The lowest BCUT2D eigenvalue weighted by atomic mass is 9.92. The fourth-order valence-corrected chi connectivity index (χ4v) is 2.22. The number of aliphatic carboxylic acids is 1. The van der Waals surface area contributed by atoms with Gasteiger partial charge >= 0.3 is 12.1 Å². The first-order valence-electron chi connectivity index (χ1n) is 5.86. The summed E-state index contributed by atoms with van der Waals surface area (Å²) in [5.41, 5.74) is -0.392. The number of carbonyl (C=O) groups excluding carboxylic acids is 1. The zero-order valence-corrected chi connectivity index (χ0v) is 9.91. The number of alkyl carbamates (subject to hydrolysis) is 1. The Morgan fingerprint density at radius 2 is 2.06 bits per heavy atom. The van der Waals surface area contributed by atoms with Crippen LogP contribution in [-0.2, 0) is 9.53 Å². The summed E-state index contributed by atoms with van der Waals surface area (Å²) in [6.45, 7) is 3.63. The van der Waals surface area contributed by atoms with Crippen molar-refractivity contribution in [3.8, 4) is 0 Å². The fraction of sp³-hybridized carbons (Fsp3) is 0.667. The first-order chi connectivity index (χ1) is 8.08. The number of carboxylic acid groups (broad SMARTS) is 1. The summed E-state index contributed by atoms with van der Waals surface area (Å²) in [6.07, 6.45) is 5.22. The summed E-state index contributed by atoms with van der Waals surface area (Å²) in [7, 11) is 0. The molecule has 0 saturated heterocycles. The van der Waals surface area contributed by atoms with Gasteiger partial charge in [0.1, 0.15) is 6.61 Å². The number of ether oxygens (including phenoxy) is 1. The third-order valence-electron chi connectivity index (χ3n) is 3.08. The molecular weight excluding hydrogens is 222 g/mol. The molecular formula is C12H19NO4. The van der Waals surface area contributed by atoms with Gasteiger partial charge in [0, 0.05) is 12.0 Å². The first-order valence-corrected chi connectivity index (χ1v) is 5.86. The molecule has 0 aromatic heterocycles. The van der Waals surface area contributed by atoms with Gasteiger partial charge in [0.15, 0.2) is 0 Å². The van der Waals surface area contributed by atoms with Gasteiger partial charge < -0.3 is 15.2 Å². The highest BCUT2D eigenvalue weighted by molar-refractivity contribution is 5.69. The van der Waals surface area contributed by atoms with Crippen LogP contribution in [0.25, 0.3) is 0 Å². The second-order valence-corrected chi connectivity index (χ2v) is 4.39. The molecule has 0 spiro atoms. The molecule has 96 valence electrons. The topological polar surface area (TPSA) is 75.6 Å². The number of nitrogens with one attached hydrogen (secondary N) is 1. The van der Waals surface area contributed by atoms with Gasteiger partial charge in [0.25, 0.3) is 0 Å². The van der Waals surface area contributed by atoms with Crippen LogP contribution in [0.2, 0.25) is 0 Å². The molecule has 1 aliphatic rings. The Morgan fingerprint density at radius 1 is 1.41 bits per heavy atom. The normalized spacial score (nSPS) is 17.4. The van der Waals surface area contributed by atoms with E-state index in [1.165, 1.54) is 6.08 Å². The average molecular weight is 241 g/mol. The first kappa shape index (κ1) is 13.5. The third kappa shape index (κ3) is 4.46. The Kier molecular flexibility index (Phi) is 5.00. The molecule has 0 aromatic carbocycles. The van der Waals surface area contributed by atoms with Crippen molar-refractivity contribution in [1.82, 2.24) is 5.32 Å². The standard InChI is InChI=1S/C12H19NO4/c1-2-9-17-11(16)13-12(6-3-4-7-12)8-5-10(14)15/h2H,1,3-9H2,(H,13,16)(H,14,15). The highest BCUT2D eigenvalue weighted by Gasteiger charge is 2.35. The summed E-state index contributed by atoms with van der Waals surface area (Å²) in [4.78, 5) is 22.1. The van der Waals surface area contributed by atoms with Crippen LogP contribution in [0, 0.1) is 0 Å². The van der Waals surface area contributed by atoms with Crippen LogP contribution in [0.4, 0.5) is 4.79 Å². The Hall–Kier alpha value is -1.52. The summed E-state index contributed by atoms with van der Waals surface area (Å²) < 4.78 is 4.87. The van der Waals surface area contributed by atoms with Crippen molar-refractivity contribution in [1.29, 1.82) is 0 Å². The molecule has 0 radical (unpaired) electrons. The fourth-order valence-electron chi connectivity index (χ4n) is 2.22. The van der Waals surface area contributed by atoms with Crippen molar-refractivity contribution >= 4 is 12.1 Å². The Bertz CT molecular complexity index is 295. The molecule has 0 unspecified atom stereocenters. The van der Waals surface area contributed by atoms with Crippen molar-refractivity contribution in [3.63, 3.8) is 0 Å². The lowest BCUT2D eigenvalue weighted by molar-refractivity contribution is -0.137. The second-order valence-electron chi connectivity index (χ2n) is 4.39. The third-order valence-corrected chi connectivity index (χ3v) is 3.08. The molecule has 0 heterocycles. The zero-order valence-electron chi connectivity index (χ0n) is 9.91. The number of hydrogen-bond donors (Lipinski definition) is 2. The van der Waals surface area contributed by atoms with E-state index in [9.17, 15) is 9.59 Å². The van der Waals surface area contributed by atoms with Crippen molar-refractivity contribution in [2.75, 3.05) is 6.61 Å². The number of hydrogen-bond acceptors (Lipinski definition) is 3. The summed E-state index contributed by atoms with van der Waals surface area (Å²) >= 11 is 0. The minimum absolute atomic E-state index is 0.0712. The monoisotopic (exact) mass is 241 g/mol. The number of carbonyl (C=O) groups is 2. The molecule has 1 rings (SSSR count). The predicted molar refractivity (Wildman–Crippen MR) is 62.7 cm³/mol. The van der Waals surface area contributed by atoms with Crippen molar-refractivity contribution in [2.45, 2.75) is 44.1 Å². The van der Waals surface area contributed by atoms with Crippen molar-refractivity contribution < 1.29 is 19.4 Å². The van der Waals surface area contributed by atoms with Gasteiger partial charge in [-0.15, -0.1) is 0 Å². The quantitative estimate of drug-likeness (QED) is 0.698. The molecule has 2 N–H and O–H groups in total. The molecule has 5 heteroatoms. The number of carboxylic acids is 1. The largest absolute Gasteiger partial charge is 0.481 e. The molecule has 0 bridgehead atoms. The molecule has 0 aromatic rings. The number of amides is 1. The molecule has 1 fully saturated rings. The number of rotatable bonds is 6. The van der Waals surface area contributed by atoms with E-state index >= 15 is 0 Å². The highest BCUT2D eigenvalue weighted by Crippen LogP contribution is 2.33. The van der Waals surface area contributed by atoms with Crippen LogP contribution in [-0.4, -0.2) is 29.3 Å². The van der Waals surface area contributed by atoms with E-state index in [1.54, 1.807) is 0 Å².